The summed E-state index contributed by atoms with van der Waals surface area (Å²) in [6, 6.07) is 0.391. The first kappa shape index (κ1) is 13.8. The average Bonchev–Trinajstić information content (AvgIpc) is 2.27. The lowest BCUT2D eigenvalue weighted by Crippen LogP contribution is -2.39. The number of carbonyl (C=O) groups excluding carboxylic acids is 1. The second kappa shape index (κ2) is 7.96. The molecule has 94 valence electrons. The molecule has 1 aliphatic rings. The van der Waals surface area contributed by atoms with Gasteiger partial charge in [-0.25, -0.2) is 0 Å². The molecule has 0 spiro atoms. The van der Waals surface area contributed by atoms with E-state index in [-0.39, 0.29) is 5.91 Å². The van der Waals surface area contributed by atoms with Crippen LogP contribution in [0.5, 0.6) is 0 Å². The van der Waals surface area contributed by atoms with Gasteiger partial charge in [-0.15, -0.1) is 0 Å². The summed E-state index contributed by atoms with van der Waals surface area (Å²) in [5, 5.41) is 3.85. The number of methoxy groups -OCH3 is 1. The van der Waals surface area contributed by atoms with Crippen molar-refractivity contribution in [3.63, 3.8) is 0 Å². The van der Waals surface area contributed by atoms with Crippen LogP contribution in [0.1, 0.15) is 39.0 Å². The predicted octanol–water partition coefficient (Wildman–Crippen LogP) is 2.20. The Balaban J connectivity index is 2.22. The number of ether oxygens (including phenoxy) is 1. The van der Waals surface area contributed by atoms with Gasteiger partial charge in [0.1, 0.15) is 0 Å². The first-order valence-electron chi connectivity index (χ1n) is 6.16. The monoisotopic (exact) mass is 245 g/mol. The Hall–Kier alpha value is -0.220. The first-order valence-corrected chi connectivity index (χ1v) is 7.21. The minimum atomic E-state index is 0.133. The van der Waals surface area contributed by atoms with Crippen molar-refractivity contribution in [1.29, 1.82) is 0 Å². The molecule has 0 unspecified atom stereocenters. The Morgan fingerprint density at radius 1 is 1.50 bits per heavy atom. The van der Waals surface area contributed by atoms with Crippen LogP contribution in [0.15, 0.2) is 0 Å². The fourth-order valence-corrected chi connectivity index (χ4v) is 3.33. The maximum absolute atomic E-state index is 11.5. The van der Waals surface area contributed by atoms with Crippen LogP contribution in [0.25, 0.3) is 0 Å². The summed E-state index contributed by atoms with van der Waals surface area (Å²) in [7, 11) is 1.63. The number of rotatable bonds is 6. The van der Waals surface area contributed by atoms with Crippen molar-refractivity contribution in [2.45, 2.75) is 50.3 Å². The summed E-state index contributed by atoms with van der Waals surface area (Å²) in [6.45, 7) is 2.72. The van der Waals surface area contributed by atoms with Crippen LogP contribution >= 0.6 is 11.8 Å². The summed E-state index contributed by atoms with van der Waals surface area (Å²) in [5.41, 5.74) is 0. The van der Waals surface area contributed by atoms with Crippen LogP contribution in [0.3, 0.4) is 0 Å². The second-order valence-corrected chi connectivity index (χ2v) is 5.83. The van der Waals surface area contributed by atoms with Crippen molar-refractivity contribution in [2.75, 3.05) is 19.5 Å². The average molecular weight is 245 g/mol. The zero-order valence-corrected chi connectivity index (χ0v) is 11.1. The van der Waals surface area contributed by atoms with E-state index in [1.807, 2.05) is 11.8 Å². The van der Waals surface area contributed by atoms with Gasteiger partial charge in [-0.3, -0.25) is 4.79 Å². The van der Waals surface area contributed by atoms with E-state index in [0.717, 1.165) is 18.1 Å². The normalized spacial score (nSPS) is 25.4. The molecule has 0 aromatic carbocycles. The molecule has 1 fully saturated rings. The predicted molar refractivity (Wildman–Crippen MR) is 68.8 cm³/mol. The minimum Gasteiger partial charge on any atom is -0.384 e. The van der Waals surface area contributed by atoms with Gasteiger partial charge in [0, 0.05) is 24.8 Å². The van der Waals surface area contributed by atoms with Crippen molar-refractivity contribution in [1.82, 2.24) is 5.32 Å². The summed E-state index contributed by atoms with van der Waals surface area (Å²) in [5.74, 6) is 1.31. The van der Waals surface area contributed by atoms with Crippen molar-refractivity contribution in [3.05, 3.63) is 0 Å². The third kappa shape index (κ3) is 5.21. The van der Waals surface area contributed by atoms with E-state index in [1.165, 1.54) is 18.6 Å². The lowest BCUT2D eigenvalue weighted by atomic mass is 9.95. The summed E-state index contributed by atoms with van der Waals surface area (Å²) in [6.07, 6.45) is 5.31. The van der Waals surface area contributed by atoms with Crippen molar-refractivity contribution in [3.8, 4) is 0 Å². The van der Waals surface area contributed by atoms with Crippen molar-refractivity contribution < 1.29 is 9.53 Å². The molecule has 0 aromatic heterocycles. The third-order valence-electron chi connectivity index (χ3n) is 2.93. The Labute approximate surface area is 103 Å². The van der Waals surface area contributed by atoms with Gasteiger partial charge < -0.3 is 10.1 Å². The van der Waals surface area contributed by atoms with Crippen molar-refractivity contribution >= 4 is 17.7 Å². The van der Waals surface area contributed by atoms with Gasteiger partial charge in [-0.2, -0.15) is 11.8 Å². The van der Waals surface area contributed by atoms with E-state index in [1.54, 1.807) is 7.11 Å². The van der Waals surface area contributed by atoms with Gasteiger partial charge in [-0.05, 0) is 25.0 Å². The molecule has 0 aromatic rings. The first-order chi connectivity index (χ1) is 7.76. The molecule has 1 saturated carbocycles. The van der Waals surface area contributed by atoms with Gasteiger partial charge >= 0.3 is 0 Å². The molecule has 16 heavy (non-hydrogen) atoms. The molecule has 1 rings (SSSR count). The Morgan fingerprint density at radius 2 is 2.31 bits per heavy atom. The van der Waals surface area contributed by atoms with Crippen LogP contribution in [-0.4, -0.2) is 36.7 Å². The number of thioether (sulfide) groups is 1. The number of nitrogens with one attached hydrogen (secondary N) is 1. The highest BCUT2D eigenvalue weighted by atomic mass is 32.2. The fraction of sp³-hybridized carbons (Fsp3) is 0.917. The Kier molecular flexibility index (Phi) is 6.88. The van der Waals surface area contributed by atoms with E-state index in [0.29, 0.717) is 19.1 Å². The number of amides is 1. The topological polar surface area (TPSA) is 38.3 Å². The summed E-state index contributed by atoms with van der Waals surface area (Å²) < 4.78 is 4.90. The lowest BCUT2D eigenvalue weighted by Gasteiger charge is -2.29. The molecule has 1 aliphatic carbocycles. The minimum absolute atomic E-state index is 0.133. The number of hydrogen-bond donors (Lipinski definition) is 1. The molecule has 3 nitrogen and oxygen atoms in total. The van der Waals surface area contributed by atoms with E-state index < -0.39 is 0 Å². The van der Waals surface area contributed by atoms with E-state index in [2.05, 4.69) is 12.2 Å². The van der Waals surface area contributed by atoms with Crippen LogP contribution in [0.4, 0.5) is 0 Å². The van der Waals surface area contributed by atoms with E-state index >= 15 is 0 Å². The van der Waals surface area contributed by atoms with Crippen LogP contribution in [0, 0.1) is 0 Å². The summed E-state index contributed by atoms with van der Waals surface area (Å²) in [4.78, 5) is 11.5. The van der Waals surface area contributed by atoms with Gasteiger partial charge in [-0.1, -0.05) is 13.3 Å². The zero-order chi connectivity index (χ0) is 11.8. The zero-order valence-electron chi connectivity index (χ0n) is 10.3. The summed E-state index contributed by atoms with van der Waals surface area (Å²) >= 11 is 2.02. The molecule has 0 saturated heterocycles. The van der Waals surface area contributed by atoms with Gasteiger partial charge in [0.2, 0.25) is 5.91 Å². The Morgan fingerprint density at radius 3 is 3.00 bits per heavy atom. The van der Waals surface area contributed by atoms with Crippen molar-refractivity contribution in [2.24, 2.45) is 0 Å². The number of carbonyl (C=O) groups is 1. The molecule has 0 heterocycles. The van der Waals surface area contributed by atoms with Crippen LogP contribution < -0.4 is 5.32 Å². The third-order valence-corrected chi connectivity index (χ3v) is 4.16. The maximum Gasteiger partial charge on any atom is 0.222 e. The molecule has 1 amide bonds. The highest BCUT2D eigenvalue weighted by Crippen LogP contribution is 2.28. The molecular weight excluding hydrogens is 222 g/mol. The molecule has 4 heteroatoms. The maximum atomic E-state index is 11.5. The smallest absolute Gasteiger partial charge is 0.222 e. The largest absolute Gasteiger partial charge is 0.384 e. The van der Waals surface area contributed by atoms with E-state index in [9.17, 15) is 4.79 Å². The molecular formula is C12H23NO2S. The standard InChI is InChI=1S/C12H23NO2S/c1-3-16-11-6-4-5-10(9-11)13-12(14)7-8-15-2/h10-11H,3-9H2,1-2H3,(H,13,14)/t10-,11+/m0/s1. The Bertz CT molecular complexity index is 209. The molecule has 0 aliphatic heterocycles. The second-order valence-electron chi connectivity index (χ2n) is 4.25. The van der Waals surface area contributed by atoms with Gasteiger partial charge in [0.25, 0.3) is 0 Å². The molecule has 0 radical (unpaired) electrons. The highest BCUT2D eigenvalue weighted by Gasteiger charge is 2.22. The highest BCUT2D eigenvalue weighted by molar-refractivity contribution is 7.99. The SMILES string of the molecule is CCS[C@@H]1CCC[C@H](NC(=O)CCOC)C1. The number of hydrogen-bond acceptors (Lipinski definition) is 3. The van der Waals surface area contributed by atoms with E-state index in [4.69, 9.17) is 4.74 Å². The van der Waals surface area contributed by atoms with Gasteiger partial charge in [0.05, 0.1) is 6.61 Å². The molecule has 2 atom stereocenters. The fourth-order valence-electron chi connectivity index (χ4n) is 2.16. The quantitative estimate of drug-likeness (QED) is 0.779. The lowest BCUT2D eigenvalue weighted by molar-refractivity contribution is -0.122. The van der Waals surface area contributed by atoms with Crippen LogP contribution in [-0.2, 0) is 9.53 Å². The molecule has 0 bridgehead atoms. The van der Waals surface area contributed by atoms with Crippen LogP contribution in [0.2, 0.25) is 0 Å². The van der Waals surface area contributed by atoms with Gasteiger partial charge in [0.15, 0.2) is 0 Å². The molecule has 1 N–H and O–H groups in total.